The summed E-state index contributed by atoms with van der Waals surface area (Å²) >= 11 is 0. The first-order valence-corrected chi connectivity index (χ1v) is 9.26. The SMILES string of the molecule is Cc1ccc(-c2nc(CNC(=O)[C@H]3CCNC3)[nH]c2-c2ccccn2)cc1. The number of H-pyrrole nitrogens is 1. The van der Waals surface area contributed by atoms with Crippen LogP contribution in [0.2, 0.25) is 0 Å². The first kappa shape index (κ1) is 17.4. The summed E-state index contributed by atoms with van der Waals surface area (Å²) < 4.78 is 0. The van der Waals surface area contributed by atoms with Gasteiger partial charge in [-0.15, -0.1) is 0 Å². The van der Waals surface area contributed by atoms with Gasteiger partial charge in [-0.2, -0.15) is 0 Å². The molecule has 1 saturated heterocycles. The molecule has 0 bridgehead atoms. The lowest BCUT2D eigenvalue weighted by Gasteiger charge is -2.08. The third-order valence-corrected chi connectivity index (χ3v) is 4.86. The lowest BCUT2D eigenvalue weighted by Crippen LogP contribution is -2.31. The predicted octanol–water partition coefficient (Wildman–Crippen LogP) is 2.67. The fourth-order valence-electron chi connectivity index (χ4n) is 3.32. The van der Waals surface area contributed by atoms with Crippen LogP contribution in [0.1, 0.15) is 17.8 Å². The summed E-state index contributed by atoms with van der Waals surface area (Å²) in [5.41, 5.74) is 4.77. The molecule has 0 aliphatic carbocycles. The maximum Gasteiger partial charge on any atom is 0.224 e. The number of amides is 1. The Morgan fingerprint density at radius 2 is 2.07 bits per heavy atom. The molecule has 0 unspecified atom stereocenters. The molecule has 0 spiro atoms. The fraction of sp³-hybridized carbons (Fsp3) is 0.286. The number of benzene rings is 1. The molecule has 6 heteroatoms. The number of aryl methyl sites for hydroxylation is 1. The first-order valence-electron chi connectivity index (χ1n) is 9.26. The van der Waals surface area contributed by atoms with Crippen LogP contribution >= 0.6 is 0 Å². The molecule has 138 valence electrons. The van der Waals surface area contributed by atoms with Crippen molar-refractivity contribution >= 4 is 5.91 Å². The van der Waals surface area contributed by atoms with E-state index in [0.29, 0.717) is 6.54 Å². The number of aromatic nitrogens is 3. The third kappa shape index (κ3) is 3.90. The van der Waals surface area contributed by atoms with Crippen LogP contribution in [-0.4, -0.2) is 33.9 Å². The highest BCUT2D eigenvalue weighted by atomic mass is 16.1. The van der Waals surface area contributed by atoms with Gasteiger partial charge in [0.25, 0.3) is 0 Å². The monoisotopic (exact) mass is 361 g/mol. The van der Waals surface area contributed by atoms with Crippen LogP contribution < -0.4 is 10.6 Å². The maximum atomic E-state index is 12.3. The van der Waals surface area contributed by atoms with Gasteiger partial charge in [0.05, 0.1) is 29.5 Å². The maximum absolute atomic E-state index is 12.3. The summed E-state index contributed by atoms with van der Waals surface area (Å²) in [4.78, 5) is 24.9. The summed E-state index contributed by atoms with van der Waals surface area (Å²) in [6, 6.07) is 14.1. The van der Waals surface area contributed by atoms with Crippen molar-refractivity contribution in [2.24, 2.45) is 5.92 Å². The van der Waals surface area contributed by atoms with Gasteiger partial charge >= 0.3 is 0 Å². The molecular weight excluding hydrogens is 338 g/mol. The van der Waals surface area contributed by atoms with Crippen LogP contribution in [0.3, 0.4) is 0 Å². The predicted molar refractivity (Wildman–Crippen MR) is 105 cm³/mol. The van der Waals surface area contributed by atoms with E-state index in [2.05, 4.69) is 51.8 Å². The van der Waals surface area contributed by atoms with E-state index in [9.17, 15) is 4.79 Å². The Bertz CT molecular complexity index is 912. The number of imidazole rings is 1. The quantitative estimate of drug-likeness (QED) is 0.652. The van der Waals surface area contributed by atoms with E-state index in [-0.39, 0.29) is 11.8 Å². The van der Waals surface area contributed by atoms with Crippen LogP contribution in [0.15, 0.2) is 48.7 Å². The molecule has 3 heterocycles. The average Bonchev–Trinajstić information content (AvgIpc) is 3.38. The van der Waals surface area contributed by atoms with Gasteiger partial charge in [0, 0.05) is 18.3 Å². The van der Waals surface area contributed by atoms with E-state index in [1.807, 2.05) is 18.2 Å². The molecule has 3 aromatic rings. The zero-order chi connectivity index (χ0) is 18.6. The highest BCUT2D eigenvalue weighted by Crippen LogP contribution is 2.29. The second-order valence-corrected chi connectivity index (χ2v) is 6.90. The molecule has 6 nitrogen and oxygen atoms in total. The topological polar surface area (TPSA) is 82.7 Å². The van der Waals surface area contributed by atoms with Crippen molar-refractivity contribution in [1.29, 1.82) is 0 Å². The summed E-state index contributed by atoms with van der Waals surface area (Å²) in [7, 11) is 0. The van der Waals surface area contributed by atoms with Gasteiger partial charge in [0.15, 0.2) is 0 Å². The van der Waals surface area contributed by atoms with Crippen molar-refractivity contribution < 1.29 is 4.79 Å². The molecule has 27 heavy (non-hydrogen) atoms. The van der Waals surface area contributed by atoms with Gasteiger partial charge in [-0.1, -0.05) is 35.9 Å². The van der Waals surface area contributed by atoms with Crippen molar-refractivity contribution in [3.8, 4) is 22.6 Å². The molecule has 1 aliphatic rings. The average molecular weight is 361 g/mol. The van der Waals surface area contributed by atoms with E-state index >= 15 is 0 Å². The smallest absolute Gasteiger partial charge is 0.224 e. The Kier molecular flexibility index (Phi) is 4.98. The summed E-state index contributed by atoms with van der Waals surface area (Å²) in [5, 5.41) is 6.22. The van der Waals surface area contributed by atoms with Crippen molar-refractivity contribution in [2.75, 3.05) is 13.1 Å². The molecule has 1 aromatic carbocycles. The number of hydrogen-bond donors (Lipinski definition) is 3. The standard InChI is InChI=1S/C21H23N5O/c1-14-5-7-15(8-6-14)19-20(17-4-2-3-10-23-17)26-18(25-19)13-24-21(27)16-9-11-22-12-16/h2-8,10,16,22H,9,11-13H2,1H3,(H,24,27)(H,25,26)/t16-/m0/s1. The normalized spacial score (nSPS) is 16.4. The lowest BCUT2D eigenvalue weighted by molar-refractivity contribution is -0.124. The molecule has 1 atom stereocenters. The van der Waals surface area contributed by atoms with Crippen LogP contribution in [0, 0.1) is 12.8 Å². The summed E-state index contributed by atoms with van der Waals surface area (Å²) in [6.07, 6.45) is 2.65. The Labute approximate surface area is 158 Å². The van der Waals surface area contributed by atoms with Gasteiger partial charge in [0.2, 0.25) is 5.91 Å². The summed E-state index contributed by atoms with van der Waals surface area (Å²) in [5.74, 6) is 0.852. The third-order valence-electron chi connectivity index (χ3n) is 4.86. The van der Waals surface area contributed by atoms with Crippen molar-refractivity contribution in [2.45, 2.75) is 19.9 Å². The van der Waals surface area contributed by atoms with E-state index in [1.165, 1.54) is 5.56 Å². The molecule has 2 aromatic heterocycles. The molecular formula is C21H23N5O. The Morgan fingerprint density at radius 1 is 1.22 bits per heavy atom. The number of hydrogen-bond acceptors (Lipinski definition) is 4. The molecule has 1 amide bonds. The van der Waals surface area contributed by atoms with Crippen molar-refractivity contribution in [1.82, 2.24) is 25.6 Å². The summed E-state index contributed by atoms with van der Waals surface area (Å²) in [6.45, 7) is 4.09. The van der Waals surface area contributed by atoms with Crippen molar-refractivity contribution in [3.63, 3.8) is 0 Å². The molecule has 1 aliphatic heterocycles. The fourth-order valence-corrected chi connectivity index (χ4v) is 3.32. The Hall–Kier alpha value is -2.99. The van der Waals surface area contributed by atoms with Gasteiger partial charge in [0.1, 0.15) is 5.82 Å². The highest BCUT2D eigenvalue weighted by Gasteiger charge is 2.22. The molecule has 0 radical (unpaired) electrons. The lowest BCUT2D eigenvalue weighted by atomic mass is 10.1. The molecule has 4 rings (SSSR count). The second-order valence-electron chi connectivity index (χ2n) is 6.90. The van der Waals surface area contributed by atoms with Gasteiger partial charge in [-0.3, -0.25) is 9.78 Å². The Balaban J connectivity index is 1.61. The van der Waals surface area contributed by atoms with Crippen LogP contribution in [0.5, 0.6) is 0 Å². The molecule has 0 saturated carbocycles. The van der Waals surface area contributed by atoms with E-state index < -0.39 is 0 Å². The first-order chi connectivity index (χ1) is 13.2. The van der Waals surface area contributed by atoms with Crippen LogP contribution in [0.25, 0.3) is 22.6 Å². The number of carbonyl (C=O) groups excluding carboxylic acids is 1. The van der Waals surface area contributed by atoms with Gasteiger partial charge < -0.3 is 15.6 Å². The zero-order valence-corrected chi connectivity index (χ0v) is 15.3. The van der Waals surface area contributed by atoms with E-state index in [4.69, 9.17) is 4.98 Å². The Morgan fingerprint density at radius 3 is 2.78 bits per heavy atom. The molecule has 1 fully saturated rings. The van der Waals surface area contributed by atoms with Gasteiger partial charge in [-0.05, 0) is 32.0 Å². The number of nitrogens with zero attached hydrogens (tertiary/aromatic N) is 2. The van der Waals surface area contributed by atoms with E-state index in [1.54, 1.807) is 6.20 Å². The minimum absolute atomic E-state index is 0.0480. The zero-order valence-electron chi connectivity index (χ0n) is 15.3. The number of pyridine rings is 1. The number of nitrogens with one attached hydrogen (secondary N) is 3. The van der Waals surface area contributed by atoms with Crippen LogP contribution in [0.4, 0.5) is 0 Å². The minimum Gasteiger partial charge on any atom is -0.349 e. The van der Waals surface area contributed by atoms with Gasteiger partial charge in [-0.25, -0.2) is 4.98 Å². The highest BCUT2D eigenvalue weighted by molar-refractivity contribution is 5.79. The minimum atomic E-state index is 0.0480. The molecule has 3 N–H and O–H groups in total. The second kappa shape index (κ2) is 7.72. The van der Waals surface area contributed by atoms with Crippen LogP contribution in [-0.2, 0) is 11.3 Å². The number of aromatic amines is 1. The number of carbonyl (C=O) groups is 1. The van der Waals surface area contributed by atoms with E-state index in [0.717, 1.165) is 48.0 Å². The van der Waals surface area contributed by atoms with Crippen molar-refractivity contribution in [3.05, 3.63) is 60.0 Å². The number of rotatable bonds is 5. The largest absolute Gasteiger partial charge is 0.349 e.